The lowest BCUT2D eigenvalue weighted by molar-refractivity contribution is 0.0523. The summed E-state index contributed by atoms with van der Waals surface area (Å²) in [6.45, 7) is 1.89. The summed E-state index contributed by atoms with van der Waals surface area (Å²) in [4.78, 5) is 13.1. The molecule has 0 aliphatic heterocycles. The van der Waals surface area contributed by atoms with Crippen LogP contribution in [0.3, 0.4) is 0 Å². The Bertz CT molecular complexity index is 426. The highest BCUT2D eigenvalue weighted by Gasteiger charge is 2.17. The number of ether oxygens (including phenoxy) is 1. The van der Waals surface area contributed by atoms with Crippen molar-refractivity contribution in [1.29, 1.82) is 0 Å². The Labute approximate surface area is 101 Å². The Morgan fingerprint density at radius 1 is 1.50 bits per heavy atom. The fraction of sp³-hybridized carbons (Fsp3) is 0.182. The van der Waals surface area contributed by atoms with E-state index in [0.29, 0.717) is 5.56 Å². The Hall–Kier alpha value is -1.49. The maximum atomic E-state index is 11.6. The van der Waals surface area contributed by atoms with Gasteiger partial charge in [0.05, 0.1) is 6.61 Å². The molecular weight excluding hydrogens is 276 g/mol. The maximum Gasteiger partial charge on any atom is 0.342 e. The zero-order valence-electron chi connectivity index (χ0n) is 8.61. The molecule has 0 fully saturated rings. The fourth-order valence-electron chi connectivity index (χ4n) is 1.26. The predicted octanol–water partition coefficient (Wildman–Crippen LogP) is 2.64. The zero-order valence-corrected chi connectivity index (χ0v) is 10.2. The number of rotatable bonds is 3. The monoisotopic (exact) mass is 286 g/mol. The van der Waals surface area contributed by atoms with Gasteiger partial charge in [-0.15, -0.1) is 0 Å². The van der Waals surface area contributed by atoms with Crippen LogP contribution in [-0.2, 0) is 4.74 Å². The van der Waals surface area contributed by atoms with E-state index in [2.05, 4.69) is 15.9 Å². The quantitative estimate of drug-likeness (QED) is 0.839. The van der Waals surface area contributed by atoms with Crippen LogP contribution in [0.15, 0.2) is 17.1 Å². The van der Waals surface area contributed by atoms with Crippen LogP contribution in [0.1, 0.15) is 22.8 Å². The molecule has 0 aromatic heterocycles. The summed E-state index contributed by atoms with van der Waals surface area (Å²) in [7, 11) is 0. The van der Waals surface area contributed by atoms with E-state index in [1.54, 1.807) is 6.92 Å². The molecule has 2 N–H and O–H groups in total. The molecule has 1 rings (SSSR count). The van der Waals surface area contributed by atoms with Gasteiger partial charge in [-0.2, -0.15) is 0 Å². The molecule has 16 heavy (non-hydrogen) atoms. The van der Waals surface area contributed by atoms with Gasteiger partial charge >= 0.3 is 5.97 Å². The first-order valence-electron chi connectivity index (χ1n) is 4.60. The fourth-order valence-corrected chi connectivity index (χ4v) is 1.54. The molecule has 0 spiro atoms. The van der Waals surface area contributed by atoms with Crippen LogP contribution in [-0.4, -0.2) is 22.8 Å². The van der Waals surface area contributed by atoms with Gasteiger partial charge in [0.2, 0.25) is 0 Å². The van der Waals surface area contributed by atoms with Crippen LogP contribution in [0.4, 0.5) is 0 Å². The summed E-state index contributed by atoms with van der Waals surface area (Å²) in [5, 5.41) is 18.9. The molecule has 0 aliphatic rings. The van der Waals surface area contributed by atoms with Crippen molar-refractivity contribution in [3.05, 3.63) is 28.2 Å². The van der Waals surface area contributed by atoms with E-state index in [0.717, 1.165) is 6.07 Å². The summed E-state index contributed by atoms with van der Waals surface area (Å²) in [5.41, 5.74) is 0.420. The molecule has 0 unspecified atom stereocenters. The molecule has 1 aromatic carbocycles. The molecule has 0 aliphatic carbocycles. The predicted molar refractivity (Wildman–Crippen MR) is 63.7 cm³/mol. The molecule has 5 heteroatoms. The highest BCUT2D eigenvalue weighted by molar-refractivity contribution is 9.11. The van der Waals surface area contributed by atoms with E-state index >= 15 is 0 Å². The Balaban J connectivity index is 3.29. The van der Waals surface area contributed by atoms with Gasteiger partial charge in [0.1, 0.15) is 17.1 Å². The molecular formula is C11H11BrO4. The summed E-state index contributed by atoms with van der Waals surface area (Å²) >= 11 is 3.06. The van der Waals surface area contributed by atoms with E-state index in [1.165, 1.54) is 17.1 Å². The molecule has 0 atom stereocenters. The van der Waals surface area contributed by atoms with Crippen molar-refractivity contribution in [2.24, 2.45) is 0 Å². The smallest absolute Gasteiger partial charge is 0.342 e. The topological polar surface area (TPSA) is 66.8 Å². The van der Waals surface area contributed by atoms with Crippen LogP contribution >= 0.6 is 15.9 Å². The van der Waals surface area contributed by atoms with Crippen molar-refractivity contribution in [3.8, 4) is 11.5 Å². The molecule has 0 radical (unpaired) electrons. The minimum Gasteiger partial charge on any atom is -0.508 e. The van der Waals surface area contributed by atoms with Gasteiger partial charge < -0.3 is 14.9 Å². The lowest BCUT2D eigenvalue weighted by Crippen LogP contribution is -2.07. The first kappa shape index (κ1) is 12.6. The van der Waals surface area contributed by atoms with Gasteiger partial charge in [-0.1, -0.05) is 15.9 Å². The number of hydrogen-bond donors (Lipinski definition) is 2. The number of benzene rings is 1. The number of esters is 1. The van der Waals surface area contributed by atoms with Gasteiger partial charge in [-0.05, 0) is 29.6 Å². The van der Waals surface area contributed by atoms with E-state index in [-0.39, 0.29) is 23.7 Å². The number of phenolic OH excluding ortho intramolecular Hbond substituents is 2. The van der Waals surface area contributed by atoms with Crippen LogP contribution < -0.4 is 0 Å². The highest BCUT2D eigenvalue weighted by Crippen LogP contribution is 2.29. The van der Waals surface area contributed by atoms with Crippen molar-refractivity contribution in [2.75, 3.05) is 6.61 Å². The Kier molecular flexibility index (Phi) is 4.37. The first-order valence-corrected chi connectivity index (χ1v) is 5.51. The summed E-state index contributed by atoms with van der Waals surface area (Å²) < 4.78 is 4.81. The van der Waals surface area contributed by atoms with Gasteiger partial charge in [-0.3, -0.25) is 0 Å². The third kappa shape index (κ3) is 2.76. The van der Waals surface area contributed by atoms with E-state index < -0.39 is 5.97 Å². The van der Waals surface area contributed by atoms with Crippen molar-refractivity contribution in [3.63, 3.8) is 0 Å². The zero-order chi connectivity index (χ0) is 12.1. The van der Waals surface area contributed by atoms with E-state index in [9.17, 15) is 15.0 Å². The minimum atomic E-state index is -0.624. The number of phenols is 2. The Morgan fingerprint density at radius 2 is 2.19 bits per heavy atom. The molecule has 0 saturated heterocycles. The average Bonchev–Trinajstić information content (AvgIpc) is 2.17. The SMILES string of the molecule is CCOC(=O)c1c(O)cc(O)cc1/C=C/Br. The van der Waals surface area contributed by atoms with Crippen molar-refractivity contribution in [1.82, 2.24) is 0 Å². The average molecular weight is 287 g/mol. The number of carbonyl (C=O) groups is 1. The molecule has 0 bridgehead atoms. The Morgan fingerprint density at radius 3 is 2.75 bits per heavy atom. The molecule has 4 nitrogen and oxygen atoms in total. The van der Waals surface area contributed by atoms with Crippen LogP contribution in [0.25, 0.3) is 6.08 Å². The second-order valence-electron chi connectivity index (χ2n) is 2.94. The summed E-state index contributed by atoms with van der Waals surface area (Å²) in [6.07, 6.45) is 1.53. The van der Waals surface area contributed by atoms with Crippen LogP contribution in [0.2, 0.25) is 0 Å². The summed E-state index contributed by atoms with van der Waals surface area (Å²) in [6, 6.07) is 2.46. The summed E-state index contributed by atoms with van der Waals surface area (Å²) in [5.74, 6) is -1.05. The number of hydrogen-bond acceptors (Lipinski definition) is 4. The second kappa shape index (κ2) is 5.55. The lowest BCUT2D eigenvalue weighted by Gasteiger charge is -2.08. The molecule has 0 saturated carbocycles. The third-order valence-electron chi connectivity index (χ3n) is 1.85. The van der Waals surface area contributed by atoms with Crippen LogP contribution in [0.5, 0.6) is 11.5 Å². The van der Waals surface area contributed by atoms with Gasteiger partial charge in [0.25, 0.3) is 0 Å². The van der Waals surface area contributed by atoms with E-state index in [4.69, 9.17) is 4.74 Å². The minimum absolute atomic E-state index is 0.0374. The molecule has 1 aromatic rings. The first-order chi connectivity index (χ1) is 7.60. The lowest BCUT2D eigenvalue weighted by atomic mass is 10.1. The highest BCUT2D eigenvalue weighted by atomic mass is 79.9. The normalized spacial score (nSPS) is 10.6. The van der Waals surface area contributed by atoms with Crippen molar-refractivity contribution in [2.45, 2.75) is 6.92 Å². The molecule has 0 amide bonds. The van der Waals surface area contributed by atoms with Crippen LogP contribution in [0, 0.1) is 0 Å². The van der Waals surface area contributed by atoms with Crippen molar-refractivity contribution >= 4 is 28.0 Å². The molecule has 0 heterocycles. The van der Waals surface area contributed by atoms with Gasteiger partial charge in [0, 0.05) is 6.07 Å². The third-order valence-corrected chi connectivity index (χ3v) is 2.12. The number of halogens is 1. The maximum absolute atomic E-state index is 11.6. The largest absolute Gasteiger partial charge is 0.508 e. The number of aromatic hydroxyl groups is 2. The standard InChI is InChI=1S/C11H11BrO4/c1-2-16-11(15)10-7(3-4-12)5-8(13)6-9(10)14/h3-6,13-14H,2H2,1H3/b4-3+. The van der Waals surface area contributed by atoms with Crippen molar-refractivity contribution < 1.29 is 19.7 Å². The van der Waals surface area contributed by atoms with Gasteiger partial charge in [0.15, 0.2) is 0 Å². The van der Waals surface area contributed by atoms with E-state index in [1.807, 2.05) is 0 Å². The van der Waals surface area contributed by atoms with Gasteiger partial charge in [-0.25, -0.2) is 4.79 Å². The molecule has 86 valence electrons. The number of carbonyl (C=O) groups excluding carboxylic acids is 1. The second-order valence-corrected chi connectivity index (χ2v) is 3.47.